The lowest BCUT2D eigenvalue weighted by Crippen LogP contribution is -2.45. The topological polar surface area (TPSA) is 3.24 Å². The first-order valence-electron chi connectivity index (χ1n) is 6.64. The molecule has 2 heterocycles. The standard InChI is InChI=1S/C16H18ClN.ClH/c1-3-14-15(11-4-6-12(17)7-5-11)10-13-8-9-16(14)18(13)2;/h1,4-7,13-16H,8-10H2,2H3;1H/t13-,14-,15+,16+;/m0./s1. The molecule has 2 bridgehead atoms. The molecule has 19 heavy (non-hydrogen) atoms. The van der Waals surface area contributed by atoms with Crippen LogP contribution in [0, 0.1) is 18.3 Å². The quantitative estimate of drug-likeness (QED) is 0.709. The number of nitrogens with zero attached hydrogens (tertiary/aromatic N) is 1. The Balaban J connectivity index is 0.00000133. The highest BCUT2D eigenvalue weighted by Gasteiger charge is 2.45. The van der Waals surface area contributed by atoms with Gasteiger partial charge in [0.25, 0.3) is 0 Å². The number of hydrogen-bond acceptors (Lipinski definition) is 1. The molecule has 0 N–H and O–H groups in total. The van der Waals surface area contributed by atoms with Gasteiger partial charge in [-0.2, -0.15) is 0 Å². The Labute approximate surface area is 126 Å². The highest BCUT2D eigenvalue weighted by atomic mass is 35.5. The Hall–Kier alpha value is -0.680. The molecule has 0 aromatic heterocycles. The zero-order valence-corrected chi connectivity index (χ0v) is 12.6. The summed E-state index contributed by atoms with van der Waals surface area (Å²) in [6.07, 6.45) is 9.53. The molecule has 2 aliphatic heterocycles. The fourth-order valence-electron chi connectivity index (χ4n) is 3.75. The molecule has 0 radical (unpaired) electrons. The van der Waals surface area contributed by atoms with Crippen LogP contribution in [0.5, 0.6) is 0 Å². The minimum Gasteiger partial charge on any atom is -0.299 e. The largest absolute Gasteiger partial charge is 0.299 e. The van der Waals surface area contributed by atoms with E-state index in [-0.39, 0.29) is 12.4 Å². The highest BCUT2D eigenvalue weighted by Crippen LogP contribution is 2.45. The first-order valence-corrected chi connectivity index (χ1v) is 7.02. The van der Waals surface area contributed by atoms with Crippen molar-refractivity contribution in [1.82, 2.24) is 4.90 Å². The highest BCUT2D eigenvalue weighted by molar-refractivity contribution is 6.30. The zero-order chi connectivity index (χ0) is 12.7. The van der Waals surface area contributed by atoms with Gasteiger partial charge in [0, 0.05) is 28.9 Å². The first-order chi connectivity index (χ1) is 8.70. The van der Waals surface area contributed by atoms with Crippen molar-refractivity contribution in [3.63, 3.8) is 0 Å². The van der Waals surface area contributed by atoms with E-state index >= 15 is 0 Å². The fraction of sp³-hybridized carbons (Fsp3) is 0.500. The molecule has 1 aromatic carbocycles. The molecule has 4 atom stereocenters. The van der Waals surface area contributed by atoms with Crippen LogP contribution in [0.3, 0.4) is 0 Å². The Kier molecular flexibility index (Phi) is 4.46. The van der Waals surface area contributed by atoms with E-state index in [1.165, 1.54) is 24.8 Å². The molecular formula is C16H19Cl2N. The van der Waals surface area contributed by atoms with Crippen LogP contribution in [-0.4, -0.2) is 24.0 Å². The minimum absolute atomic E-state index is 0. The van der Waals surface area contributed by atoms with Gasteiger partial charge in [-0.05, 0) is 44.0 Å². The number of piperidine rings is 1. The molecule has 0 unspecified atom stereocenters. The molecule has 1 nitrogen and oxygen atoms in total. The van der Waals surface area contributed by atoms with Crippen LogP contribution in [-0.2, 0) is 0 Å². The van der Waals surface area contributed by atoms with Crippen LogP contribution in [0.1, 0.15) is 30.7 Å². The number of terminal acetylenes is 1. The third-order valence-corrected chi connectivity index (χ3v) is 5.01. The second-order valence-corrected chi connectivity index (χ2v) is 5.99. The van der Waals surface area contributed by atoms with Crippen molar-refractivity contribution >= 4 is 24.0 Å². The molecule has 102 valence electrons. The second-order valence-electron chi connectivity index (χ2n) is 5.55. The summed E-state index contributed by atoms with van der Waals surface area (Å²) < 4.78 is 0. The van der Waals surface area contributed by atoms with E-state index in [1.54, 1.807) is 0 Å². The summed E-state index contributed by atoms with van der Waals surface area (Å²) in [5, 5.41) is 0.798. The number of rotatable bonds is 1. The lowest BCUT2D eigenvalue weighted by Gasteiger charge is -2.41. The zero-order valence-electron chi connectivity index (χ0n) is 11.1. The summed E-state index contributed by atoms with van der Waals surface area (Å²) in [4.78, 5) is 2.50. The lowest BCUT2D eigenvalue weighted by molar-refractivity contribution is 0.128. The summed E-state index contributed by atoms with van der Waals surface area (Å²) in [7, 11) is 2.23. The SMILES string of the molecule is C#C[C@H]1[C@@H](c2ccc(Cl)cc2)C[C@@H]2CC[C@H]1N2C.Cl. The van der Waals surface area contributed by atoms with E-state index < -0.39 is 0 Å². The van der Waals surface area contributed by atoms with Gasteiger partial charge in [0.15, 0.2) is 0 Å². The van der Waals surface area contributed by atoms with Gasteiger partial charge >= 0.3 is 0 Å². The monoisotopic (exact) mass is 295 g/mol. The van der Waals surface area contributed by atoms with Crippen molar-refractivity contribution in [2.45, 2.75) is 37.3 Å². The summed E-state index contributed by atoms with van der Waals surface area (Å²) in [6, 6.07) is 9.51. The van der Waals surface area contributed by atoms with Gasteiger partial charge in [0.1, 0.15) is 0 Å². The van der Waals surface area contributed by atoms with Gasteiger partial charge in [-0.1, -0.05) is 23.7 Å². The predicted molar refractivity (Wildman–Crippen MR) is 83.0 cm³/mol. The third kappa shape index (κ3) is 2.50. The van der Waals surface area contributed by atoms with E-state index in [2.05, 4.69) is 30.0 Å². The molecule has 0 aliphatic carbocycles. The van der Waals surface area contributed by atoms with Crippen molar-refractivity contribution in [2.24, 2.45) is 5.92 Å². The van der Waals surface area contributed by atoms with Crippen LogP contribution in [0.25, 0.3) is 0 Å². The van der Waals surface area contributed by atoms with E-state index in [0.29, 0.717) is 23.9 Å². The molecular weight excluding hydrogens is 277 g/mol. The molecule has 2 saturated heterocycles. The molecule has 0 amide bonds. The summed E-state index contributed by atoms with van der Waals surface area (Å²) >= 11 is 5.97. The van der Waals surface area contributed by atoms with Gasteiger partial charge < -0.3 is 0 Å². The van der Waals surface area contributed by atoms with Crippen molar-refractivity contribution in [3.05, 3.63) is 34.9 Å². The van der Waals surface area contributed by atoms with Crippen LogP contribution >= 0.6 is 24.0 Å². The van der Waals surface area contributed by atoms with Crippen molar-refractivity contribution in [2.75, 3.05) is 7.05 Å². The van der Waals surface area contributed by atoms with Gasteiger partial charge in [-0.3, -0.25) is 4.90 Å². The van der Waals surface area contributed by atoms with E-state index in [4.69, 9.17) is 18.0 Å². The molecule has 0 saturated carbocycles. The van der Waals surface area contributed by atoms with Crippen molar-refractivity contribution in [3.8, 4) is 12.3 Å². The van der Waals surface area contributed by atoms with Crippen molar-refractivity contribution < 1.29 is 0 Å². The minimum atomic E-state index is 0. The molecule has 2 fully saturated rings. The second kappa shape index (κ2) is 5.75. The molecule has 3 heteroatoms. The Morgan fingerprint density at radius 2 is 1.95 bits per heavy atom. The van der Waals surface area contributed by atoms with Gasteiger partial charge in [-0.25, -0.2) is 0 Å². The first kappa shape index (κ1) is 14.7. The van der Waals surface area contributed by atoms with Crippen LogP contribution in [0.4, 0.5) is 0 Å². The average molecular weight is 296 g/mol. The van der Waals surface area contributed by atoms with Gasteiger partial charge in [0.05, 0.1) is 0 Å². The Morgan fingerprint density at radius 1 is 1.26 bits per heavy atom. The van der Waals surface area contributed by atoms with E-state index in [0.717, 1.165) is 5.02 Å². The number of halogens is 2. The lowest BCUT2D eigenvalue weighted by atomic mass is 9.77. The molecule has 3 rings (SSSR count). The average Bonchev–Trinajstić information content (AvgIpc) is 2.63. The molecule has 0 spiro atoms. The fourth-order valence-corrected chi connectivity index (χ4v) is 3.87. The molecule has 2 aliphatic rings. The van der Waals surface area contributed by atoms with Crippen molar-refractivity contribution in [1.29, 1.82) is 0 Å². The van der Waals surface area contributed by atoms with E-state index in [9.17, 15) is 0 Å². The summed E-state index contributed by atoms with van der Waals surface area (Å²) in [6.45, 7) is 0. The smallest absolute Gasteiger partial charge is 0.0425 e. The maximum atomic E-state index is 5.97. The van der Waals surface area contributed by atoms with Crippen LogP contribution in [0.15, 0.2) is 24.3 Å². The number of benzene rings is 1. The number of fused-ring (bicyclic) bond motifs is 2. The maximum absolute atomic E-state index is 5.97. The Morgan fingerprint density at radius 3 is 2.58 bits per heavy atom. The van der Waals surface area contributed by atoms with Gasteiger partial charge in [-0.15, -0.1) is 24.8 Å². The summed E-state index contributed by atoms with van der Waals surface area (Å²) in [5.41, 5.74) is 1.35. The normalized spacial score (nSPS) is 33.5. The third-order valence-electron chi connectivity index (χ3n) is 4.76. The van der Waals surface area contributed by atoms with Crippen LogP contribution < -0.4 is 0 Å². The molecule has 1 aromatic rings. The van der Waals surface area contributed by atoms with E-state index in [1.807, 2.05) is 12.1 Å². The van der Waals surface area contributed by atoms with Gasteiger partial charge in [0.2, 0.25) is 0 Å². The number of hydrogen-bond donors (Lipinski definition) is 0. The van der Waals surface area contributed by atoms with Crippen LogP contribution in [0.2, 0.25) is 5.02 Å². The summed E-state index contributed by atoms with van der Waals surface area (Å²) in [5.74, 6) is 3.89. The predicted octanol–water partition coefficient (Wildman–Crippen LogP) is 3.96. The maximum Gasteiger partial charge on any atom is 0.0425 e. The Bertz CT molecular complexity index is 477.